The maximum Gasteiger partial charge on any atom is 0.237 e. The fourth-order valence-electron chi connectivity index (χ4n) is 3.47. The van der Waals surface area contributed by atoms with Crippen molar-refractivity contribution in [2.75, 3.05) is 6.54 Å². The number of rotatable bonds is 5. The maximum absolute atomic E-state index is 12.1. The molecule has 0 aliphatic heterocycles. The van der Waals surface area contributed by atoms with Gasteiger partial charge in [-0.25, -0.2) is 0 Å². The number of amides is 1. The minimum Gasteiger partial charge on any atom is -0.352 e. The molecule has 2 fully saturated rings. The van der Waals surface area contributed by atoms with Crippen molar-refractivity contribution in [3.8, 4) is 0 Å². The van der Waals surface area contributed by atoms with E-state index in [0.717, 1.165) is 19.4 Å². The summed E-state index contributed by atoms with van der Waals surface area (Å²) in [7, 11) is 0. The third kappa shape index (κ3) is 4.48. The minimum atomic E-state index is -0.0562. The average Bonchev–Trinajstić information content (AvgIpc) is 2.84. The lowest BCUT2D eigenvalue weighted by Crippen LogP contribution is -2.48. The van der Waals surface area contributed by atoms with Gasteiger partial charge in [0.05, 0.1) is 6.04 Å². The molecule has 2 aliphatic carbocycles. The van der Waals surface area contributed by atoms with Gasteiger partial charge in [0, 0.05) is 12.6 Å². The van der Waals surface area contributed by atoms with Crippen LogP contribution in [-0.2, 0) is 4.79 Å². The Hall–Kier alpha value is -0.570. The second-order valence-corrected chi connectivity index (χ2v) is 6.96. The maximum atomic E-state index is 12.1. The van der Waals surface area contributed by atoms with Crippen molar-refractivity contribution in [1.29, 1.82) is 0 Å². The Morgan fingerprint density at radius 3 is 2.42 bits per heavy atom. The zero-order valence-electron chi connectivity index (χ0n) is 12.6. The normalized spacial score (nSPS) is 25.2. The molecular weight excluding hydrogens is 236 g/mol. The molecule has 0 aromatic carbocycles. The van der Waals surface area contributed by atoms with E-state index in [4.69, 9.17) is 0 Å². The number of nitrogens with one attached hydrogen (secondary N) is 2. The Kier molecular flexibility index (Phi) is 5.26. The van der Waals surface area contributed by atoms with E-state index in [0.29, 0.717) is 11.5 Å². The summed E-state index contributed by atoms with van der Waals surface area (Å²) in [4.78, 5) is 12.1. The van der Waals surface area contributed by atoms with E-state index in [1.165, 1.54) is 44.9 Å². The summed E-state index contributed by atoms with van der Waals surface area (Å²) >= 11 is 0. The van der Waals surface area contributed by atoms with Crippen LogP contribution in [0.3, 0.4) is 0 Å². The molecule has 3 nitrogen and oxygen atoms in total. The van der Waals surface area contributed by atoms with Gasteiger partial charge in [0.2, 0.25) is 5.91 Å². The van der Waals surface area contributed by atoms with Crippen molar-refractivity contribution in [1.82, 2.24) is 10.6 Å². The lowest BCUT2D eigenvalue weighted by atomic mass is 9.88. The van der Waals surface area contributed by atoms with Gasteiger partial charge in [0.25, 0.3) is 0 Å². The molecule has 2 aliphatic rings. The van der Waals surface area contributed by atoms with Crippen LogP contribution in [0, 0.1) is 5.41 Å². The van der Waals surface area contributed by atoms with Gasteiger partial charge in [-0.2, -0.15) is 0 Å². The fourth-order valence-corrected chi connectivity index (χ4v) is 3.47. The van der Waals surface area contributed by atoms with Crippen LogP contribution < -0.4 is 10.6 Å². The summed E-state index contributed by atoms with van der Waals surface area (Å²) in [5, 5.41) is 6.65. The predicted molar refractivity (Wildman–Crippen MR) is 79.1 cm³/mol. The first-order valence-corrected chi connectivity index (χ1v) is 8.13. The molecular formula is C16H30N2O. The number of hydrogen-bond acceptors (Lipinski definition) is 2. The summed E-state index contributed by atoms with van der Waals surface area (Å²) in [6, 6.07) is 0.368. The summed E-state index contributed by atoms with van der Waals surface area (Å²) < 4.78 is 0. The molecule has 1 atom stereocenters. The lowest BCUT2D eigenvalue weighted by Gasteiger charge is -2.28. The molecule has 1 unspecified atom stereocenters. The quantitative estimate of drug-likeness (QED) is 0.803. The van der Waals surface area contributed by atoms with E-state index in [1.54, 1.807) is 0 Å². The van der Waals surface area contributed by atoms with Crippen molar-refractivity contribution in [3.05, 3.63) is 0 Å². The summed E-state index contributed by atoms with van der Waals surface area (Å²) in [6.45, 7) is 5.32. The molecule has 3 heteroatoms. The first kappa shape index (κ1) is 14.8. The lowest BCUT2D eigenvalue weighted by molar-refractivity contribution is -0.123. The van der Waals surface area contributed by atoms with Gasteiger partial charge in [-0.1, -0.05) is 39.0 Å². The highest BCUT2D eigenvalue weighted by atomic mass is 16.2. The Morgan fingerprint density at radius 1 is 1.16 bits per heavy atom. The molecule has 19 heavy (non-hydrogen) atoms. The molecule has 1 amide bonds. The molecule has 0 heterocycles. The van der Waals surface area contributed by atoms with Gasteiger partial charge >= 0.3 is 0 Å². The van der Waals surface area contributed by atoms with Crippen LogP contribution in [0.25, 0.3) is 0 Å². The van der Waals surface area contributed by atoms with E-state index < -0.39 is 0 Å². The van der Waals surface area contributed by atoms with E-state index in [9.17, 15) is 4.79 Å². The SMILES string of the molecule is CC(NCC1(C)CCCC1)C(=O)NC1CCCCC1. The van der Waals surface area contributed by atoms with Gasteiger partial charge in [0.1, 0.15) is 0 Å². The highest BCUT2D eigenvalue weighted by Gasteiger charge is 2.29. The molecule has 2 rings (SSSR count). The molecule has 0 aromatic heterocycles. The first-order valence-electron chi connectivity index (χ1n) is 8.13. The fraction of sp³-hybridized carbons (Fsp3) is 0.938. The summed E-state index contributed by atoms with van der Waals surface area (Å²) in [5.74, 6) is 0.188. The van der Waals surface area contributed by atoms with E-state index in [2.05, 4.69) is 17.6 Å². The molecule has 2 saturated carbocycles. The van der Waals surface area contributed by atoms with Gasteiger partial charge in [-0.15, -0.1) is 0 Å². The molecule has 0 bridgehead atoms. The van der Waals surface area contributed by atoms with E-state index >= 15 is 0 Å². The second kappa shape index (κ2) is 6.74. The Balaban J connectivity index is 1.69. The molecule has 0 aromatic rings. The second-order valence-electron chi connectivity index (χ2n) is 6.96. The van der Waals surface area contributed by atoms with Crippen LogP contribution in [0.4, 0.5) is 0 Å². The van der Waals surface area contributed by atoms with Gasteiger partial charge < -0.3 is 10.6 Å². The number of hydrogen-bond donors (Lipinski definition) is 2. The zero-order chi connectivity index (χ0) is 13.7. The Bertz CT molecular complexity index is 291. The average molecular weight is 266 g/mol. The largest absolute Gasteiger partial charge is 0.352 e. The molecule has 0 spiro atoms. The van der Waals surface area contributed by atoms with Crippen LogP contribution in [0.1, 0.15) is 71.6 Å². The van der Waals surface area contributed by atoms with Crippen LogP contribution in [-0.4, -0.2) is 24.5 Å². The Labute approximate surface area is 117 Å². The molecule has 110 valence electrons. The first-order chi connectivity index (χ1) is 9.09. The monoisotopic (exact) mass is 266 g/mol. The van der Waals surface area contributed by atoms with Crippen LogP contribution in [0.15, 0.2) is 0 Å². The van der Waals surface area contributed by atoms with Crippen molar-refractivity contribution >= 4 is 5.91 Å². The topological polar surface area (TPSA) is 41.1 Å². The third-order valence-electron chi connectivity index (χ3n) is 4.99. The molecule has 0 saturated heterocycles. The van der Waals surface area contributed by atoms with Gasteiger partial charge in [-0.05, 0) is 38.0 Å². The van der Waals surface area contributed by atoms with Gasteiger partial charge in [-0.3, -0.25) is 4.79 Å². The molecule has 2 N–H and O–H groups in total. The smallest absolute Gasteiger partial charge is 0.237 e. The number of carbonyl (C=O) groups excluding carboxylic acids is 1. The predicted octanol–water partition coefficient (Wildman–Crippen LogP) is 2.99. The van der Waals surface area contributed by atoms with Crippen LogP contribution in [0.2, 0.25) is 0 Å². The van der Waals surface area contributed by atoms with E-state index in [-0.39, 0.29) is 11.9 Å². The highest BCUT2D eigenvalue weighted by Crippen LogP contribution is 2.36. The Morgan fingerprint density at radius 2 is 1.79 bits per heavy atom. The summed E-state index contributed by atoms with van der Waals surface area (Å²) in [6.07, 6.45) is 11.5. The van der Waals surface area contributed by atoms with Gasteiger partial charge in [0.15, 0.2) is 0 Å². The molecule has 0 radical (unpaired) electrons. The van der Waals surface area contributed by atoms with Crippen LogP contribution in [0.5, 0.6) is 0 Å². The standard InChI is InChI=1S/C16H30N2O/c1-13(17-12-16(2)10-6-7-11-16)15(19)18-14-8-4-3-5-9-14/h13-14,17H,3-12H2,1-2H3,(H,18,19). The van der Waals surface area contributed by atoms with Crippen molar-refractivity contribution in [2.24, 2.45) is 5.41 Å². The van der Waals surface area contributed by atoms with Crippen LogP contribution >= 0.6 is 0 Å². The van der Waals surface area contributed by atoms with E-state index in [1.807, 2.05) is 6.92 Å². The zero-order valence-corrected chi connectivity index (χ0v) is 12.6. The van der Waals surface area contributed by atoms with Crippen molar-refractivity contribution < 1.29 is 4.79 Å². The summed E-state index contributed by atoms with van der Waals surface area (Å²) in [5.41, 5.74) is 0.416. The number of carbonyl (C=O) groups is 1. The third-order valence-corrected chi connectivity index (χ3v) is 4.99. The highest BCUT2D eigenvalue weighted by molar-refractivity contribution is 5.81. The van der Waals surface area contributed by atoms with Crippen molar-refractivity contribution in [2.45, 2.75) is 83.7 Å². The van der Waals surface area contributed by atoms with Crippen molar-refractivity contribution in [3.63, 3.8) is 0 Å². The minimum absolute atomic E-state index is 0.0562.